The lowest BCUT2D eigenvalue weighted by Crippen LogP contribution is -2.48. The van der Waals surface area contributed by atoms with Gasteiger partial charge in [-0.3, -0.25) is 20.2 Å². The van der Waals surface area contributed by atoms with Gasteiger partial charge < -0.3 is 20.9 Å². The van der Waals surface area contributed by atoms with Crippen LogP contribution in [0.5, 0.6) is 0 Å². The molecule has 0 spiro atoms. The Hall–Kier alpha value is -7.95. The number of amides is 2. The zero-order valence-corrected chi connectivity index (χ0v) is 35.5. The van der Waals surface area contributed by atoms with E-state index in [1.807, 2.05) is 68.6 Å². The fourth-order valence-electron chi connectivity index (χ4n) is 8.69. The van der Waals surface area contributed by atoms with E-state index in [9.17, 15) is 4.79 Å². The lowest BCUT2D eigenvalue weighted by molar-refractivity contribution is 0.254. The molecule has 17 nitrogen and oxygen atoms in total. The molecule has 17 heteroatoms. The van der Waals surface area contributed by atoms with Crippen molar-refractivity contribution in [3.63, 3.8) is 0 Å². The molecule has 0 aliphatic carbocycles. The highest BCUT2D eigenvalue weighted by Gasteiger charge is 2.40. The second-order valence-corrected chi connectivity index (χ2v) is 16.3. The number of rotatable bonds is 5. The van der Waals surface area contributed by atoms with Crippen molar-refractivity contribution in [1.29, 1.82) is 0 Å². The summed E-state index contributed by atoms with van der Waals surface area (Å²) < 4.78 is 0. The average molecular weight is 851 g/mol. The summed E-state index contributed by atoms with van der Waals surface area (Å²) in [5.74, 6) is 2.73. The molecule has 0 unspecified atom stereocenters. The van der Waals surface area contributed by atoms with Crippen LogP contribution in [0.3, 0.4) is 0 Å². The van der Waals surface area contributed by atoms with E-state index in [4.69, 9.17) is 15.7 Å². The summed E-state index contributed by atoms with van der Waals surface area (Å²) in [6.07, 6.45) is 12.6. The van der Waals surface area contributed by atoms with Gasteiger partial charge in [-0.2, -0.15) is 20.5 Å². The summed E-state index contributed by atoms with van der Waals surface area (Å²) in [4.78, 5) is 46.5. The van der Waals surface area contributed by atoms with Crippen LogP contribution in [0.1, 0.15) is 35.4 Å². The number of aromatic nitrogens is 6. The quantitative estimate of drug-likeness (QED) is 0.151. The maximum absolute atomic E-state index is 13.5. The van der Waals surface area contributed by atoms with Crippen LogP contribution < -0.4 is 31.1 Å². The van der Waals surface area contributed by atoms with Crippen LogP contribution >= 0.6 is 0 Å². The number of nitrogens with two attached hydrogens (primary N) is 1. The number of carbonyl (C=O) groups excluding carboxylic acids is 1. The molecule has 0 radical (unpaired) electrons. The summed E-state index contributed by atoms with van der Waals surface area (Å²) in [6.45, 7) is 9.11. The Bertz CT molecular complexity index is 2870. The van der Waals surface area contributed by atoms with Crippen LogP contribution in [0.25, 0.3) is 33.7 Å². The second-order valence-electron chi connectivity index (χ2n) is 16.3. The molecule has 12 rings (SSSR count). The number of pyridine rings is 6. The van der Waals surface area contributed by atoms with Crippen molar-refractivity contribution in [2.45, 2.75) is 38.8 Å². The largest absolute Gasteiger partial charge is 0.384 e. The molecule has 64 heavy (non-hydrogen) atoms. The van der Waals surface area contributed by atoms with Gasteiger partial charge in [0, 0.05) is 90.7 Å². The number of hydrogen-bond acceptors (Lipinski definition) is 15. The Labute approximate surface area is 370 Å². The molecule has 2 saturated heterocycles. The van der Waals surface area contributed by atoms with E-state index in [2.05, 4.69) is 85.1 Å². The monoisotopic (exact) mass is 850 g/mol. The summed E-state index contributed by atoms with van der Waals surface area (Å²) >= 11 is 0. The van der Waals surface area contributed by atoms with Gasteiger partial charge >= 0.3 is 6.03 Å². The highest BCUT2D eigenvalue weighted by atomic mass is 16.2. The first-order valence-electron chi connectivity index (χ1n) is 21.4. The van der Waals surface area contributed by atoms with Crippen molar-refractivity contribution in [2.75, 3.05) is 70.3 Å². The maximum atomic E-state index is 13.5. The van der Waals surface area contributed by atoms with Gasteiger partial charge in [0.2, 0.25) is 0 Å². The van der Waals surface area contributed by atoms with Crippen molar-refractivity contribution in [1.82, 2.24) is 29.9 Å². The zero-order chi connectivity index (χ0) is 43.6. The number of nitrogens with zero attached hydrogens (tertiary/aromatic N) is 13. The summed E-state index contributed by atoms with van der Waals surface area (Å²) in [5.41, 5.74) is 17.7. The lowest BCUT2D eigenvalue weighted by atomic mass is 10.1. The summed E-state index contributed by atoms with van der Waals surface area (Å²) in [5, 5.41) is 22.1. The van der Waals surface area contributed by atoms with Gasteiger partial charge in [-0.1, -0.05) is 0 Å². The Kier molecular flexibility index (Phi) is 10.9. The van der Waals surface area contributed by atoms with Crippen LogP contribution in [-0.4, -0.2) is 87.3 Å². The van der Waals surface area contributed by atoms with E-state index in [1.165, 1.54) is 12.1 Å². The number of nitrogens with one attached hydrogen (secondary N) is 2. The third-order valence-corrected chi connectivity index (χ3v) is 11.9. The lowest BCUT2D eigenvalue weighted by Gasteiger charge is -2.35. The number of anilines is 6. The number of nitrogen functional groups attached to an aromatic ring is 1. The number of carbonyl (C=O) groups is 1. The molecule has 4 bridgehead atoms. The highest BCUT2D eigenvalue weighted by Crippen LogP contribution is 2.41. The third-order valence-electron chi connectivity index (χ3n) is 11.9. The first-order valence-corrected chi connectivity index (χ1v) is 21.4. The predicted octanol–water partition coefficient (Wildman–Crippen LogP) is 8.21. The predicted molar refractivity (Wildman–Crippen MR) is 249 cm³/mol. The fraction of sp³-hybridized carbons (Fsp3) is 0.255. The number of aryl methyl sites for hydroxylation is 2. The van der Waals surface area contributed by atoms with Gasteiger partial charge in [-0.05, 0) is 111 Å². The minimum absolute atomic E-state index is 0.0674. The minimum Gasteiger partial charge on any atom is -0.384 e. The van der Waals surface area contributed by atoms with Crippen molar-refractivity contribution in [2.24, 2.45) is 20.5 Å². The van der Waals surface area contributed by atoms with E-state index in [0.29, 0.717) is 36.6 Å². The highest BCUT2D eigenvalue weighted by molar-refractivity contribution is 6.04. The third kappa shape index (κ3) is 8.47. The van der Waals surface area contributed by atoms with Crippen LogP contribution in [0.2, 0.25) is 0 Å². The molecule has 6 aliphatic rings. The molecular weight excluding hydrogens is 805 g/mol. The Morgan fingerprint density at radius 2 is 1.28 bits per heavy atom. The smallest absolute Gasteiger partial charge is 0.329 e. The maximum Gasteiger partial charge on any atom is 0.329 e. The minimum atomic E-state index is -0.224. The molecule has 4 N–H and O–H groups in total. The van der Waals surface area contributed by atoms with Crippen molar-refractivity contribution in [3.05, 3.63) is 132 Å². The van der Waals surface area contributed by atoms with Crippen LogP contribution in [0, 0.1) is 13.8 Å². The molecule has 2 amide bonds. The standard InChI is InChI=1S/C24H22N8O.C15H16N4.C8H8N4/c1-15-10-17(5-7-25-15)20-2-3-21-23(29-20)32(19-6-9-31(21)14-19)24(33)30-22-11-16(4-8-26-22)18-12-27-28-13-18;1-10-8-11(4-6-16-10)13-2-3-14-15(18-13)17-12-5-7-19(14)9-12;9-8-3-6(1-2-10-8)7-4-11-12-5-7/h2-5,7-8,10-12,19H,6,9,13-14H2,1H3,(H,26,30,33);2-4,6,8,12H,5,7,9H2,1H3,(H,17,18);1-4H,5H2,(H2,9,10)/t19-;12-;/m00./s1. The molecule has 320 valence electrons. The van der Waals surface area contributed by atoms with Gasteiger partial charge in [0.25, 0.3) is 0 Å². The summed E-state index contributed by atoms with van der Waals surface area (Å²) in [6, 6.07) is 24.3. The van der Waals surface area contributed by atoms with E-state index >= 15 is 0 Å². The van der Waals surface area contributed by atoms with Crippen molar-refractivity contribution >= 4 is 51.8 Å². The Balaban J connectivity index is 0.000000130. The number of hydrogen-bond donors (Lipinski definition) is 3. The molecule has 2 fully saturated rings. The molecular formula is C47H46N16O. The van der Waals surface area contributed by atoms with Gasteiger partial charge in [0.05, 0.1) is 54.3 Å². The zero-order valence-electron chi connectivity index (χ0n) is 35.5. The van der Waals surface area contributed by atoms with Crippen LogP contribution in [0.15, 0.2) is 130 Å². The molecule has 0 saturated carbocycles. The Morgan fingerprint density at radius 3 is 1.95 bits per heavy atom. The number of azo groups is 2. The van der Waals surface area contributed by atoms with Crippen LogP contribution in [0.4, 0.5) is 39.4 Å². The van der Waals surface area contributed by atoms with Crippen molar-refractivity contribution < 1.29 is 4.79 Å². The average Bonchev–Trinajstić information content (AvgIpc) is 4.17. The second kappa shape index (κ2) is 17.4. The molecule has 12 heterocycles. The van der Waals surface area contributed by atoms with E-state index < -0.39 is 0 Å². The molecule has 6 aliphatic heterocycles. The fourth-order valence-corrected chi connectivity index (χ4v) is 8.69. The van der Waals surface area contributed by atoms with Gasteiger partial charge in [0.1, 0.15) is 11.6 Å². The summed E-state index contributed by atoms with van der Waals surface area (Å²) in [7, 11) is 0. The first-order chi connectivity index (χ1) is 31.3. The molecule has 6 aromatic rings. The topological polar surface area (TPSA) is 204 Å². The van der Waals surface area contributed by atoms with Gasteiger partial charge in [-0.15, -0.1) is 0 Å². The van der Waals surface area contributed by atoms with Crippen LogP contribution in [-0.2, 0) is 0 Å². The van der Waals surface area contributed by atoms with E-state index in [1.54, 1.807) is 35.9 Å². The Morgan fingerprint density at radius 1 is 0.672 bits per heavy atom. The number of fused-ring (bicyclic) bond motifs is 8. The van der Waals surface area contributed by atoms with Crippen molar-refractivity contribution in [3.8, 4) is 22.5 Å². The first kappa shape index (κ1) is 40.1. The van der Waals surface area contributed by atoms with Gasteiger partial charge in [-0.25, -0.2) is 24.7 Å². The SMILES string of the molecule is Cc1cc(-c2ccc3c(n2)N(C(=O)Nc2cc(C4=CN=NC4)ccn2)[C@H]2CCN3C2)ccn1.Cc1cc(-c2ccc3c(n2)N[C@H]2CCN3C2)ccn1.Nc1cc(C2=CN=NC2)ccn1. The molecule has 2 atom stereocenters. The molecule has 6 aromatic heterocycles. The van der Waals surface area contributed by atoms with E-state index in [0.717, 1.165) is 100 Å². The number of urea groups is 1. The van der Waals surface area contributed by atoms with E-state index in [-0.39, 0.29) is 12.1 Å². The van der Waals surface area contributed by atoms with Gasteiger partial charge in [0.15, 0.2) is 11.6 Å². The molecule has 0 aromatic carbocycles. The normalized spacial score (nSPS) is 18.2.